The van der Waals surface area contributed by atoms with Crippen molar-refractivity contribution in [3.05, 3.63) is 57.8 Å². The zero-order valence-corrected chi connectivity index (χ0v) is 20.6. The van der Waals surface area contributed by atoms with Gasteiger partial charge in [-0.05, 0) is 18.2 Å². The van der Waals surface area contributed by atoms with Crippen LogP contribution in [-0.2, 0) is 27.9 Å². The Morgan fingerprint density at radius 2 is 2.03 bits per heavy atom. The van der Waals surface area contributed by atoms with Crippen LogP contribution in [0.1, 0.15) is 21.0 Å². The summed E-state index contributed by atoms with van der Waals surface area (Å²) < 4.78 is 38.4. The molecule has 1 unspecified atom stereocenters. The maximum absolute atomic E-state index is 13.4. The number of ether oxygens (including phenoxy) is 2. The number of hydrogen-bond donors (Lipinski definition) is 3. The van der Waals surface area contributed by atoms with E-state index in [-0.39, 0.29) is 6.42 Å². The summed E-state index contributed by atoms with van der Waals surface area (Å²) in [4.78, 5) is 31.1. The number of rotatable bonds is 9. The first kappa shape index (κ1) is 25.9. The van der Waals surface area contributed by atoms with Crippen LogP contribution in [-0.4, -0.2) is 58.0 Å². The molecule has 4 rings (SSSR count). The number of alkyl halides is 2. The summed E-state index contributed by atoms with van der Waals surface area (Å²) in [6, 6.07) is 4.03. The van der Waals surface area contributed by atoms with Gasteiger partial charge in [0.05, 0.1) is 33.7 Å². The standard InChI is InChI=1S/C22H23ClF2N6O4S/c1-31-10-15(8-28-31)29-20(32)17(5-19-34-11-22(24,25)12-35-19)30-21(33)18-3-2-16(36-18)9-27-14-4-13(23)6-26-7-14/h2-4,6-8,10,17,19,27H,5,9,11-12H2,1H3,(H,29,32)(H,30,33). The summed E-state index contributed by atoms with van der Waals surface area (Å²) in [5.41, 5.74) is 1.14. The van der Waals surface area contributed by atoms with Crippen LogP contribution >= 0.6 is 22.9 Å². The number of amides is 2. The number of anilines is 2. The van der Waals surface area contributed by atoms with E-state index >= 15 is 0 Å². The van der Waals surface area contributed by atoms with Gasteiger partial charge >= 0.3 is 0 Å². The van der Waals surface area contributed by atoms with Crippen LogP contribution in [0.15, 0.2) is 43.0 Å². The van der Waals surface area contributed by atoms with E-state index in [2.05, 4.69) is 26.0 Å². The average molecular weight is 541 g/mol. The summed E-state index contributed by atoms with van der Waals surface area (Å²) in [5, 5.41) is 13.0. The molecule has 4 heterocycles. The molecule has 0 radical (unpaired) electrons. The second-order valence-corrected chi connectivity index (χ2v) is 9.68. The van der Waals surface area contributed by atoms with E-state index in [1.54, 1.807) is 37.6 Å². The number of aromatic nitrogens is 3. The Kier molecular flexibility index (Phi) is 8.14. The molecule has 192 valence electrons. The van der Waals surface area contributed by atoms with Crippen molar-refractivity contribution in [2.45, 2.75) is 31.2 Å². The highest BCUT2D eigenvalue weighted by Crippen LogP contribution is 2.24. The number of pyridine rings is 1. The molecule has 0 spiro atoms. The summed E-state index contributed by atoms with van der Waals surface area (Å²) >= 11 is 7.17. The van der Waals surface area contributed by atoms with Crippen molar-refractivity contribution in [2.75, 3.05) is 23.8 Å². The Labute approximate surface area is 213 Å². The van der Waals surface area contributed by atoms with Crippen LogP contribution in [0.2, 0.25) is 5.02 Å². The van der Waals surface area contributed by atoms with Gasteiger partial charge in [-0.2, -0.15) is 5.10 Å². The number of hydrogen-bond acceptors (Lipinski definition) is 8. The molecule has 1 atom stereocenters. The predicted molar refractivity (Wildman–Crippen MR) is 129 cm³/mol. The molecule has 3 aromatic heterocycles. The van der Waals surface area contributed by atoms with E-state index in [1.807, 2.05) is 0 Å². The second kappa shape index (κ2) is 11.3. The molecule has 1 fully saturated rings. The van der Waals surface area contributed by atoms with Crippen LogP contribution in [0.5, 0.6) is 0 Å². The van der Waals surface area contributed by atoms with Crippen molar-refractivity contribution in [3.63, 3.8) is 0 Å². The molecule has 1 aliphatic heterocycles. The molecule has 0 saturated carbocycles. The molecule has 1 saturated heterocycles. The van der Waals surface area contributed by atoms with Crippen LogP contribution in [0.25, 0.3) is 0 Å². The van der Waals surface area contributed by atoms with Crippen LogP contribution in [0, 0.1) is 0 Å². The molecular formula is C22H23ClF2N6O4S. The van der Waals surface area contributed by atoms with Gasteiger partial charge in [0.1, 0.15) is 19.3 Å². The molecule has 14 heteroatoms. The Balaban J connectivity index is 1.40. The Hall–Kier alpha value is -3.13. The van der Waals surface area contributed by atoms with E-state index < -0.39 is 43.3 Å². The normalized spacial score (nSPS) is 16.3. The van der Waals surface area contributed by atoms with E-state index in [9.17, 15) is 18.4 Å². The highest BCUT2D eigenvalue weighted by Gasteiger charge is 2.38. The van der Waals surface area contributed by atoms with Gasteiger partial charge in [-0.25, -0.2) is 8.78 Å². The third-order valence-corrected chi connectivity index (χ3v) is 6.33. The van der Waals surface area contributed by atoms with Crippen molar-refractivity contribution < 1.29 is 27.8 Å². The SMILES string of the molecule is Cn1cc(NC(=O)C(CC2OCC(F)(F)CO2)NC(=O)c2ccc(CNc3cncc(Cl)c3)s2)cn1. The Morgan fingerprint density at radius 3 is 2.72 bits per heavy atom. The van der Waals surface area contributed by atoms with E-state index in [0.717, 1.165) is 10.6 Å². The molecule has 3 N–H and O–H groups in total. The zero-order chi connectivity index (χ0) is 25.7. The smallest absolute Gasteiger partial charge is 0.293 e. The van der Waals surface area contributed by atoms with Gasteiger partial charge in [-0.3, -0.25) is 19.3 Å². The van der Waals surface area contributed by atoms with Gasteiger partial charge in [-0.15, -0.1) is 11.3 Å². The fourth-order valence-corrected chi connectivity index (χ4v) is 4.34. The molecule has 0 bridgehead atoms. The second-order valence-electron chi connectivity index (χ2n) is 8.07. The van der Waals surface area contributed by atoms with Gasteiger partial charge < -0.3 is 25.4 Å². The van der Waals surface area contributed by atoms with E-state index in [4.69, 9.17) is 21.1 Å². The number of carbonyl (C=O) groups is 2. The minimum Gasteiger partial charge on any atom is -0.379 e. The fourth-order valence-electron chi connectivity index (χ4n) is 3.32. The fraction of sp³-hybridized carbons (Fsp3) is 0.364. The molecular weight excluding hydrogens is 518 g/mol. The predicted octanol–water partition coefficient (Wildman–Crippen LogP) is 3.28. The molecule has 10 nitrogen and oxygen atoms in total. The number of aryl methyl sites for hydroxylation is 1. The maximum Gasteiger partial charge on any atom is 0.293 e. The summed E-state index contributed by atoms with van der Waals surface area (Å²) in [6.07, 6.45) is 4.94. The lowest BCUT2D eigenvalue weighted by molar-refractivity contribution is -0.269. The summed E-state index contributed by atoms with van der Waals surface area (Å²) in [5.74, 6) is -4.16. The van der Waals surface area contributed by atoms with Gasteiger partial charge in [0.15, 0.2) is 6.29 Å². The summed E-state index contributed by atoms with van der Waals surface area (Å²) in [7, 11) is 1.69. The lowest BCUT2D eigenvalue weighted by Crippen LogP contribution is -2.49. The quantitative estimate of drug-likeness (QED) is 0.381. The average Bonchev–Trinajstić information content (AvgIpc) is 3.47. The van der Waals surface area contributed by atoms with Crippen LogP contribution in [0.4, 0.5) is 20.2 Å². The third kappa shape index (κ3) is 7.20. The number of nitrogens with zero attached hydrogens (tertiary/aromatic N) is 3. The number of halogens is 3. The molecule has 1 aliphatic rings. The van der Waals surface area contributed by atoms with Crippen molar-refractivity contribution in [3.8, 4) is 0 Å². The van der Waals surface area contributed by atoms with Crippen LogP contribution in [0.3, 0.4) is 0 Å². The van der Waals surface area contributed by atoms with Gasteiger partial charge in [0.25, 0.3) is 11.8 Å². The molecule has 0 aliphatic carbocycles. The lowest BCUT2D eigenvalue weighted by atomic mass is 10.1. The van der Waals surface area contributed by atoms with Gasteiger partial charge in [-0.1, -0.05) is 11.6 Å². The maximum atomic E-state index is 13.4. The van der Waals surface area contributed by atoms with Crippen molar-refractivity contribution in [1.82, 2.24) is 20.1 Å². The highest BCUT2D eigenvalue weighted by molar-refractivity contribution is 7.14. The largest absolute Gasteiger partial charge is 0.379 e. The number of thiophene rings is 1. The Morgan fingerprint density at radius 1 is 1.25 bits per heavy atom. The lowest BCUT2D eigenvalue weighted by Gasteiger charge is -2.31. The first-order valence-electron chi connectivity index (χ1n) is 10.8. The zero-order valence-electron chi connectivity index (χ0n) is 19.0. The van der Waals surface area contributed by atoms with Gasteiger partial charge in [0.2, 0.25) is 5.91 Å². The summed E-state index contributed by atoms with van der Waals surface area (Å²) in [6.45, 7) is -1.22. The topological polar surface area (TPSA) is 119 Å². The van der Waals surface area contributed by atoms with Crippen molar-refractivity contribution >= 4 is 46.1 Å². The van der Waals surface area contributed by atoms with Gasteiger partial charge in [0, 0.05) is 37.3 Å². The van der Waals surface area contributed by atoms with Crippen LogP contribution < -0.4 is 16.0 Å². The number of carbonyl (C=O) groups excluding carboxylic acids is 2. The Bertz CT molecular complexity index is 1210. The van der Waals surface area contributed by atoms with Crippen molar-refractivity contribution in [2.24, 2.45) is 7.05 Å². The monoisotopic (exact) mass is 540 g/mol. The van der Waals surface area contributed by atoms with E-state index in [1.165, 1.54) is 28.4 Å². The minimum absolute atomic E-state index is 0.157. The van der Waals surface area contributed by atoms with Crippen molar-refractivity contribution in [1.29, 1.82) is 0 Å². The molecule has 36 heavy (non-hydrogen) atoms. The first-order valence-corrected chi connectivity index (χ1v) is 12.0. The molecule has 2 amide bonds. The third-order valence-electron chi connectivity index (χ3n) is 5.04. The molecule has 3 aromatic rings. The van der Waals surface area contributed by atoms with E-state index in [0.29, 0.717) is 22.1 Å². The highest BCUT2D eigenvalue weighted by atomic mass is 35.5. The first-order chi connectivity index (χ1) is 17.2. The minimum atomic E-state index is -3.10. The molecule has 0 aromatic carbocycles. The number of nitrogens with one attached hydrogen (secondary N) is 3.